The maximum atomic E-state index is 12.3. The first-order chi connectivity index (χ1) is 23.3. The number of allylic oxidation sites excluding steroid dienone is 6. The molecule has 8 nitrogen and oxygen atoms in total. The molecule has 0 aromatic rings. The number of hydrogen-bond acceptors (Lipinski definition) is 6. The van der Waals surface area contributed by atoms with Crippen LogP contribution >= 0.6 is 7.82 Å². The van der Waals surface area contributed by atoms with Crippen molar-refractivity contribution in [1.82, 2.24) is 0 Å². The summed E-state index contributed by atoms with van der Waals surface area (Å²) in [5, 5.41) is 0. The van der Waals surface area contributed by atoms with Gasteiger partial charge in [0.25, 0.3) is 0 Å². The van der Waals surface area contributed by atoms with Crippen LogP contribution in [0.3, 0.4) is 0 Å². The van der Waals surface area contributed by atoms with Gasteiger partial charge in [-0.25, -0.2) is 4.57 Å². The number of phosphoric ester groups is 1. The third-order valence-corrected chi connectivity index (χ3v) is 8.62. The predicted octanol–water partition coefficient (Wildman–Crippen LogP) is 11.4. The molecule has 0 saturated heterocycles. The largest absolute Gasteiger partial charge is 0.469 e. The molecule has 0 aliphatic heterocycles. The van der Waals surface area contributed by atoms with Crippen molar-refractivity contribution in [3.05, 3.63) is 36.5 Å². The second-order valence-electron chi connectivity index (χ2n) is 12.9. The quantitative estimate of drug-likeness (QED) is 0.0290. The highest BCUT2D eigenvalue weighted by molar-refractivity contribution is 7.46. The topological polar surface area (TPSA) is 119 Å². The third kappa shape index (κ3) is 37.1. The fraction of sp³-hybridized carbons (Fsp3) is 0.795. The van der Waals surface area contributed by atoms with Crippen LogP contribution in [0.4, 0.5) is 0 Å². The SMILES string of the molecule is CCCCC/C=C/C/C=C/CCCCCCCCCC(=O)OC[C@H](COP(=O)(O)O)OC(=O)CCCCCCC/C=C/CCCCCC. The zero-order valence-corrected chi connectivity index (χ0v) is 31.5. The van der Waals surface area contributed by atoms with Crippen LogP contribution in [0, 0.1) is 0 Å². The Morgan fingerprint density at radius 3 is 1.44 bits per heavy atom. The molecule has 0 amide bonds. The fourth-order valence-electron chi connectivity index (χ4n) is 5.22. The van der Waals surface area contributed by atoms with Crippen LogP contribution in [-0.2, 0) is 28.2 Å². The Hall–Kier alpha value is -1.73. The molecule has 0 rings (SSSR count). The van der Waals surface area contributed by atoms with Crippen LogP contribution in [-0.4, -0.2) is 41.0 Å². The van der Waals surface area contributed by atoms with E-state index in [-0.39, 0.29) is 19.4 Å². The summed E-state index contributed by atoms with van der Waals surface area (Å²) in [6.07, 6.45) is 40.0. The van der Waals surface area contributed by atoms with Crippen molar-refractivity contribution in [2.45, 2.75) is 187 Å². The molecule has 0 bridgehead atoms. The van der Waals surface area contributed by atoms with Gasteiger partial charge in [0.2, 0.25) is 0 Å². The Balaban J connectivity index is 3.97. The van der Waals surface area contributed by atoms with Crippen molar-refractivity contribution in [2.24, 2.45) is 0 Å². The fourth-order valence-corrected chi connectivity index (χ4v) is 5.58. The summed E-state index contributed by atoms with van der Waals surface area (Å²) in [6, 6.07) is 0. The highest BCUT2D eigenvalue weighted by atomic mass is 31.2. The van der Waals surface area contributed by atoms with Crippen molar-refractivity contribution in [1.29, 1.82) is 0 Å². The minimum atomic E-state index is -4.75. The molecule has 0 heterocycles. The Bertz CT molecular complexity index is 879. The molecule has 0 fully saturated rings. The summed E-state index contributed by atoms with van der Waals surface area (Å²) in [7, 11) is -4.75. The Labute approximate surface area is 293 Å². The zero-order chi connectivity index (χ0) is 35.4. The molecular formula is C39H71O8P. The second kappa shape index (κ2) is 35.1. The monoisotopic (exact) mass is 698 g/mol. The molecule has 2 N–H and O–H groups in total. The molecule has 48 heavy (non-hydrogen) atoms. The van der Waals surface area contributed by atoms with Gasteiger partial charge in [-0.15, -0.1) is 0 Å². The van der Waals surface area contributed by atoms with E-state index in [9.17, 15) is 14.2 Å². The van der Waals surface area contributed by atoms with Crippen molar-refractivity contribution in [2.75, 3.05) is 13.2 Å². The predicted molar refractivity (Wildman–Crippen MR) is 198 cm³/mol. The molecule has 0 spiro atoms. The standard InChI is InChI=1S/C39H71O8P/c1-3-5-7-9-11-13-15-17-18-19-20-22-23-25-27-29-31-33-38(40)45-35-37(36-46-48(42,43)44)47-39(41)34-32-30-28-26-24-21-16-14-12-10-8-6-4-2/h11,13-14,16-18,37H,3-10,12,15,19-36H2,1-2H3,(H2,42,43,44)/b13-11+,16-14+,18-17+/t37-/m1/s1. The molecular weight excluding hydrogens is 627 g/mol. The molecule has 0 saturated carbocycles. The molecule has 0 aromatic carbocycles. The number of ether oxygens (including phenoxy) is 2. The van der Waals surface area contributed by atoms with Gasteiger partial charge in [-0.2, -0.15) is 0 Å². The van der Waals surface area contributed by atoms with Gasteiger partial charge >= 0.3 is 19.8 Å². The number of hydrogen-bond donors (Lipinski definition) is 2. The smallest absolute Gasteiger partial charge is 0.462 e. The van der Waals surface area contributed by atoms with Crippen molar-refractivity contribution >= 4 is 19.8 Å². The van der Waals surface area contributed by atoms with E-state index in [4.69, 9.17) is 19.3 Å². The van der Waals surface area contributed by atoms with Crippen LogP contribution in [0.5, 0.6) is 0 Å². The second-order valence-corrected chi connectivity index (χ2v) is 14.1. The lowest BCUT2D eigenvalue weighted by molar-refractivity contribution is -0.161. The number of unbranched alkanes of at least 4 members (excludes halogenated alkanes) is 19. The van der Waals surface area contributed by atoms with Gasteiger partial charge in [0.1, 0.15) is 6.61 Å². The van der Waals surface area contributed by atoms with Crippen LogP contribution in [0.15, 0.2) is 36.5 Å². The highest BCUT2D eigenvalue weighted by Crippen LogP contribution is 2.36. The molecule has 0 unspecified atom stereocenters. The summed E-state index contributed by atoms with van der Waals surface area (Å²) in [4.78, 5) is 42.7. The highest BCUT2D eigenvalue weighted by Gasteiger charge is 2.22. The minimum absolute atomic E-state index is 0.200. The normalized spacial score (nSPS) is 12.8. The maximum Gasteiger partial charge on any atom is 0.469 e. The van der Waals surface area contributed by atoms with Crippen LogP contribution < -0.4 is 0 Å². The van der Waals surface area contributed by atoms with E-state index in [1.807, 2.05) is 0 Å². The van der Waals surface area contributed by atoms with E-state index in [1.54, 1.807) is 0 Å². The molecule has 0 aliphatic rings. The Kier molecular flexibility index (Phi) is 33.8. The summed E-state index contributed by atoms with van der Waals surface area (Å²) in [5.74, 6) is -0.904. The van der Waals surface area contributed by atoms with E-state index >= 15 is 0 Å². The van der Waals surface area contributed by atoms with Gasteiger partial charge in [-0.05, 0) is 70.6 Å². The minimum Gasteiger partial charge on any atom is -0.462 e. The number of carbonyl (C=O) groups is 2. The average molecular weight is 699 g/mol. The molecule has 0 radical (unpaired) electrons. The van der Waals surface area contributed by atoms with E-state index in [1.165, 1.54) is 77.0 Å². The molecule has 9 heteroatoms. The Morgan fingerprint density at radius 2 is 0.938 bits per heavy atom. The summed E-state index contributed by atoms with van der Waals surface area (Å²) in [6.45, 7) is 3.62. The van der Waals surface area contributed by atoms with E-state index in [0.717, 1.165) is 64.2 Å². The average Bonchev–Trinajstić information content (AvgIpc) is 3.05. The van der Waals surface area contributed by atoms with Crippen molar-refractivity contribution < 1.29 is 37.9 Å². The van der Waals surface area contributed by atoms with Gasteiger partial charge < -0.3 is 19.3 Å². The van der Waals surface area contributed by atoms with E-state index in [2.05, 4.69) is 54.8 Å². The van der Waals surface area contributed by atoms with Gasteiger partial charge in [-0.1, -0.05) is 134 Å². The van der Waals surface area contributed by atoms with E-state index in [0.29, 0.717) is 12.8 Å². The van der Waals surface area contributed by atoms with Gasteiger partial charge in [0, 0.05) is 12.8 Å². The summed E-state index contributed by atoms with van der Waals surface area (Å²) < 4.78 is 26.3. The van der Waals surface area contributed by atoms with Crippen molar-refractivity contribution in [3.63, 3.8) is 0 Å². The zero-order valence-electron chi connectivity index (χ0n) is 30.6. The number of rotatable bonds is 35. The van der Waals surface area contributed by atoms with Crippen LogP contribution in [0.1, 0.15) is 181 Å². The van der Waals surface area contributed by atoms with Gasteiger partial charge in [0.15, 0.2) is 6.10 Å². The molecule has 0 aliphatic carbocycles. The third-order valence-electron chi connectivity index (χ3n) is 8.13. The lowest BCUT2D eigenvalue weighted by atomic mass is 10.1. The lowest BCUT2D eigenvalue weighted by Crippen LogP contribution is -2.29. The van der Waals surface area contributed by atoms with Crippen molar-refractivity contribution in [3.8, 4) is 0 Å². The molecule has 0 aromatic heterocycles. The van der Waals surface area contributed by atoms with Gasteiger partial charge in [-0.3, -0.25) is 14.1 Å². The summed E-state index contributed by atoms with van der Waals surface area (Å²) >= 11 is 0. The molecule has 280 valence electrons. The first-order valence-electron chi connectivity index (χ1n) is 19.3. The number of esters is 2. The number of carbonyl (C=O) groups excluding carboxylic acids is 2. The van der Waals surface area contributed by atoms with Gasteiger partial charge in [0.05, 0.1) is 6.61 Å². The first kappa shape index (κ1) is 46.3. The first-order valence-corrected chi connectivity index (χ1v) is 20.8. The Morgan fingerprint density at radius 1 is 0.542 bits per heavy atom. The lowest BCUT2D eigenvalue weighted by Gasteiger charge is -2.18. The van der Waals surface area contributed by atoms with Crippen LogP contribution in [0.2, 0.25) is 0 Å². The maximum absolute atomic E-state index is 12.3. The van der Waals surface area contributed by atoms with E-state index < -0.39 is 32.5 Å². The number of phosphoric acid groups is 1. The summed E-state index contributed by atoms with van der Waals surface area (Å²) in [5.41, 5.74) is 0. The molecule has 1 atom stereocenters. The van der Waals surface area contributed by atoms with Crippen LogP contribution in [0.25, 0.3) is 0 Å².